The van der Waals surface area contributed by atoms with Gasteiger partial charge >= 0.3 is 0 Å². The van der Waals surface area contributed by atoms with Gasteiger partial charge in [0.15, 0.2) is 0 Å². The zero-order chi connectivity index (χ0) is 27.6. The molecule has 9 nitrogen and oxygen atoms in total. The van der Waals surface area contributed by atoms with Crippen molar-refractivity contribution in [2.45, 2.75) is 51.1 Å². The minimum Gasteiger partial charge on any atom is -0.506 e. The zero-order valence-electron chi connectivity index (χ0n) is 21.1. The van der Waals surface area contributed by atoms with E-state index in [1.165, 1.54) is 11.0 Å². The Kier molecular flexibility index (Phi) is 6.10. The molecule has 0 spiro atoms. The fraction of sp³-hybridized carbons (Fsp3) is 0.357. The second-order valence-corrected chi connectivity index (χ2v) is 10.8. The summed E-state index contributed by atoms with van der Waals surface area (Å²) in [5.74, 6) is -2.10. The molecule has 3 N–H and O–H groups in total. The van der Waals surface area contributed by atoms with Crippen molar-refractivity contribution in [1.82, 2.24) is 20.1 Å². The number of fused-ring (bicyclic) bond motifs is 2. The van der Waals surface area contributed by atoms with E-state index in [0.29, 0.717) is 42.7 Å². The largest absolute Gasteiger partial charge is 0.506 e. The maximum Gasteiger partial charge on any atom is 0.270 e. The SMILES string of the molecule is Cc1c(C(=O)N2CCC(c3ccc4c(c3F)CN(C3CCC(=O)NC3=O)C4=O)CC2)[nH]c2cc(Cl)c(O)cc12. The molecule has 1 atom stereocenters. The standard InChI is InChI=1S/C28H26ClFN4O5/c1-13-17-10-22(35)19(29)11-20(17)31-25(13)28(39)33-8-6-14(7-9-33)15-2-3-16-18(24(15)30)12-34(27(16)38)21-4-5-23(36)32-26(21)37/h2-3,10-11,14,21,31,35H,4-9,12H2,1H3,(H,32,36,37). The smallest absolute Gasteiger partial charge is 0.270 e. The Morgan fingerprint density at radius 1 is 1.13 bits per heavy atom. The number of imide groups is 1. The summed E-state index contributed by atoms with van der Waals surface area (Å²) in [6.07, 6.45) is 1.46. The van der Waals surface area contributed by atoms with Crippen LogP contribution in [0.2, 0.25) is 5.02 Å². The number of aryl methyl sites for hydroxylation is 1. The first-order valence-electron chi connectivity index (χ1n) is 12.9. The van der Waals surface area contributed by atoms with Gasteiger partial charge in [0.05, 0.1) is 11.6 Å². The monoisotopic (exact) mass is 552 g/mol. The molecule has 4 amide bonds. The molecule has 4 heterocycles. The predicted octanol–water partition coefficient (Wildman–Crippen LogP) is 3.76. The Balaban J connectivity index is 1.17. The van der Waals surface area contributed by atoms with E-state index < -0.39 is 23.7 Å². The number of aromatic hydroxyl groups is 1. The van der Waals surface area contributed by atoms with Gasteiger partial charge in [-0.05, 0) is 61.4 Å². The van der Waals surface area contributed by atoms with E-state index in [9.17, 15) is 24.3 Å². The van der Waals surface area contributed by atoms with Crippen LogP contribution >= 0.6 is 11.6 Å². The molecule has 2 fully saturated rings. The van der Waals surface area contributed by atoms with Crippen molar-refractivity contribution in [3.05, 3.63) is 63.1 Å². The van der Waals surface area contributed by atoms with Crippen LogP contribution in [-0.4, -0.2) is 62.7 Å². The predicted molar refractivity (Wildman–Crippen MR) is 140 cm³/mol. The number of halogens is 2. The van der Waals surface area contributed by atoms with Crippen LogP contribution in [-0.2, 0) is 16.1 Å². The number of aromatic amines is 1. The number of piperidine rings is 2. The third-order valence-electron chi connectivity index (χ3n) is 8.24. The highest BCUT2D eigenvalue weighted by Gasteiger charge is 2.41. The average Bonchev–Trinajstić information content (AvgIpc) is 3.41. The lowest BCUT2D eigenvalue weighted by atomic mass is 9.87. The first-order chi connectivity index (χ1) is 18.6. The van der Waals surface area contributed by atoms with Gasteiger partial charge in [0.2, 0.25) is 11.8 Å². The maximum absolute atomic E-state index is 15.7. The van der Waals surface area contributed by atoms with Crippen molar-refractivity contribution in [1.29, 1.82) is 0 Å². The van der Waals surface area contributed by atoms with E-state index in [-0.39, 0.29) is 59.0 Å². The lowest BCUT2D eigenvalue weighted by molar-refractivity contribution is -0.136. The molecule has 1 unspecified atom stereocenters. The molecule has 39 heavy (non-hydrogen) atoms. The summed E-state index contributed by atoms with van der Waals surface area (Å²) in [6, 6.07) is 5.58. The van der Waals surface area contributed by atoms with Gasteiger partial charge in [-0.1, -0.05) is 17.7 Å². The molecule has 11 heteroatoms. The molecule has 6 rings (SSSR count). The lowest BCUT2D eigenvalue weighted by Crippen LogP contribution is -2.52. The minimum absolute atomic E-state index is 0.0172. The van der Waals surface area contributed by atoms with Gasteiger partial charge in [0, 0.05) is 41.5 Å². The Labute approximate surface area is 227 Å². The Hall–Kier alpha value is -3.92. The highest BCUT2D eigenvalue weighted by molar-refractivity contribution is 6.32. The Morgan fingerprint density at radius 2 is 1.87 bits per heavy atom. The summed E-state index contributed by atoms with van der Waals surface area (Å²) in [7, 11) is 0. The number of likely N-dealkylation sites (tertiary alicyclic amines) is 1. The molecule has 0 radical (unpaired) electrons. The van der Waals surface area contributed by atoms with Crippen molar-refractivity contribution in [2.24, 2.45) is 0 Å². The quantitative estimate of drug-likeness (QED) is 0.427. The van der Waals surface area contributed by atoms with Crippen molar-refractivity contribution < 1.29 is 28.7 Å². The van der Waals surface area contributed by atoms with Gasteiger partial charge in [-0.15, -0.1) is 0 Å². The van der Waals surface area contributed by atoms with E-state index in [1.807, 2.05) is 6.92 Å². The van der Waals surface area contributed by atoms with Crippen LogP contribution < -0.4 is 5.32 Å². The number of nitrogens with one attached hydrogen (secondary N) is 2. The molecule has 202 valence electrons. The average molecular weight is 553 g/mol. The summed E-state index contributed by atoms with van der Waals surface area (Å²) in [4.78, 5) is 56.3. The molecule has 0 saturated carbocycles. The molecule has 2 aromatic carbocycles. The molecule has 3 aliphatic rings. The first kappa shape index (κ1) is 25.4. The molecule has 1 aromatic heterocycles. The highest BCUT2D eigenvalue weighted by Crippen LogP contribution is 2.37. The number of phenols is 1. The second-order valence-electron chi connectivity index (χ2n) is 10.4. The summed E-state index contributed by atoms with van der Waals surface area (Å²) in [5.41, 5.74) is 2.84. The first-order valence-corrected chi connectivity index (χ1v) is 13.3. The fourth-order valence-corrected chi connectivity index (χ4v) is 6.21. The van der Waals surface area contributed by atoms with Crippen LogP contribution in [0.3, 0.4) is 0 Å². The number of nitrogens with zero attached hydrogens (tertiary/aromatic N) is 2. The van der Waals surface area contributed by atoms with E-state index in [1.54, 1.807) is 23.1 Å². The van der Waals surface area contributed by atoms with Gasteiger partial charge in [-0.25, -0.2) is 4.39 Å². The van der Waals surface area contributed by atoms with Gasteiger partial charge in [0.25, 0.3) is 11.8 Å². The van der Waals surface area contributed by atoms with Crippen molar-refractivity contribution >= 4 is 46.1 Å². The maximum atomic E-state index is 15.7. The number of aromatic nitrogens is 1. The van der Waals surface area contributed by atoms with Gasteiger partial charge in [0.1, 0.15) is 23.3 Å². The van der Waals surface area contributed by atoms with Crippen LogP contribution in [0.25, 0.3) is 10.9 Å². The second kappa shape index (κ2) is 9.37. The van der Waals surface area contributed by atoms with E-state index in [2.05, 4.69) is 10.3 Å². The van der Waals surface area contributed by atoms with Crippen LogP contribution in [0.1, 0.15) is 69.1 Å². The molecule has 2 saturated heterocycles. The summed E-state index contributed by atoms with van der Waals surface area (Å²) in [6.45, 7) is 2.66. The van der Waals surface area contributed by atoms with Gasteiger partial charge < -0.3 is 19.9 Å². The Bertz CT molecular complexity index is 1580. The Morgan fingerprint density at radius 3 is 2.59 bits per heavy atom. The van der Waals surface area contributed by atoms with Crippen LogP contribution in [0.4, 0.5) is 4.39 Å². The summed E-state index contributed by atoms with van der Waals surface area (Å²) in [5, 5.41) is 13.1. The van der Waals surface area contributed by atoms with Crippen molar-refractivity contribution in [3.63, 3.8) is 0 Å². The van der Waals surface area contributed by atoms with Crippen molar-refractivity contribution in [2.75, 3.05) is 13.1 Å². The molecular weight excluding hydrogens is 527 g/mol. The van der Waals surface area contributed by atoms with Gasteiger partial charge in [-0.3, -0.25) is 24.5 Å². The molecular formula is C28H26ClFN4O5. The topological polar surface area (TPSA) is 123 Å². The normalized spacial score (nSPS) is 20.1. The molecule has 3 aromatic rings. The molecule has 0 bridgehead atoms. The van der Waals surface area contributed by atoms with Gasteiger partial charge in [-0.2, -0.15) is 0 Å². The van der Waals surface area contributed by atoms with Crippen molar-refractivity contribution in [3.8, 4) is 5.75 Å². The number of rotatable bonds is 3. The number of carbonyl (C=O) groups is 4. The van der Waals surface area contributed by atoms with E-state index >= 15 is 4.39 Å². The lowest BCUT2D eigenvalue weighted by Gasteiger charge is -2.32. The van der Waals surface area contributed by atoms with E-state index in [4.69, 9.17) is 11.6 Å². The van der Waals surface area contributed by atoms with E-state index in [0.717, 1.165) is 10.9 Å². The number of benzene rings is 2. The minimum atomic E-state index is -0.798. The third-order valence-corrected chi connectivity index (χ3v) is 8.54. The summed E-state index contributed by atoms with van der Waals surface area (Å²) >= 11 is 6.02. The number of carbonyl (C=O) groups excluding carboxylic acids is 4. The number of phenolic OH excluding ortho intramolecular Hbond substituents is 1. The highest BCUT2D eigenvalue weighted by atomic mass is 35.5. The number of hydrogen-bond donors (Lipinski definition) is 3. The number of H-pyrrole nitrogens is 1. The summed E-state index contributed by atoms with van der Waals surface area (Å²) < 4.78 is 15.7. The number of amides is 4. The van der Waals surface area contributed by atoms with Crippen LogP contribution in [0, 0.1) is 12.7 Å². The molecule has 0 aliphatic carbocycles. The fourth-order valence-electron chi connectivity index (χ4n) is 6.04. The molecule has 3 aliphatic heterocycles. The number of hydrogen-bond acceptors (Lipinski definition) is 5. The zero-order valence-corrected chi connectivity index (χ0v) is 21.9. The third kappa shape index (κ3) is 4.14. The van der Waals surface area contributed by atoms with Crippen LogP contribution in [0.15, 0.2) is 24.3 Å². The van der Waals surface area contributed by atoms with Crippen LogP contribution in [0.5, 0.6) is 5.75 Å².